The van der Waals surface area contributed by atoms with E-state index in [1.54, 1.807) is 30.3 Å². The summed E-state index contributed by atoms with van der Waals surface area (Å²) in [6.07, 6.45) is -0.0630. The SMILES string of the molecule is C=CC[C@@H](NC(=O)O)[C@H](O)c1ccccc1. The normalized spacial score (nSPS) is 13.8. The zero-order valence-corrected chi connectivity index (χ0v) is 8.84. The molecule has 0 unspecified atom stereocenters. The van der Waals surface area contributed by atoms with E-state index < -0.39 is 18.2 Å². The second kappa shape index (κ2) is 5.92. The smallest absolute Gasteiger partial charge is 0.404 e. The lowest BCUT2D eigenvalue weighted by atomic mass is 10.00. The van der Waals surface area contributed by atoms with Crippen LogP contribution in [0, 0.1) is 0 Å². The molecule has 0 fully saturated rings. The third-order valence-corrected chi connectivity index (χ3v) is 2.25. The standard InChI is InChI=1S/C12H15NO3/c1-2-6-10(13-12(15)16)11(14)9-7-4-3-5-8-9/h2-5,7-8,10-11,13-14H,1,6H2,(H,15,16)/t10-,11-/m1/s1. The molecule has 86 valence electrons. The summed E-state index contributed by atoms with van der Waals surface area (Å²) in [4.78, 5) is 10.6. The van der Waals surface area contributed by atoms with Crippen molar-refractivity contribution < 1.29 is 15.0 Å². The minimum atomic E-state index is -1.15. The molecule has 0 bridgehead atoms. The van der Waals surface area contributed by atoms with Crippen molar-refractivity contribution in [2.45, 2.75) is 18.6 Å². The maximum atomic E-state index is 10.6. The van der Waals surface area contributed by atoms with Crippen molar-refractivity contribution in [3.8, 4) is 0 Å². The molecule has 0 aliphatic carbocycles. The molecule has 4 nitrogen and oxygen atoms in total. The number of nitrogens with one attached hydrogen (secondary N) is 1. The molecule has 1 rings (SSSR count). The number of carbonyl (C=O) groups is 1. The van der Waals surface area contributed by atoms with Gasteiger partial charge in [-0.05, 0) is 12.0 Å². The van der Waals surface area contributed by atoms with Gasteiger partial charge >= 0.3 is 6.09 Å². The molecular formula is C12H15NO3. The molecule has 0 spiro atoms. The predicted molar refractivity (Wildman–Crippen MR) is 61.2 cm³/mol. The molecule has 0 saturated heterocycles. The summed E-state index contributed by atoms with van der Waals surface area (Å²) in [5.41, 5.74) is 0.683. The van der Waals surface area contributed by atoms with E-state index in [1.165, 1.54) is 0 Å². The molecular weight excluding hydrogens is 206 g/mol. The van der Waals surface area contributed by atoms with Crippen molar-refractivity contribution in [3.05, 3.63) is 48.6 Å². The van der Waals surface area contributed by atoms with Gasteiger partial charge in [-0.25, -0.2) is 4.79 Å². The van der Waals surface area contributed by atoms with Crippen LogP contribution in [0.5, 0.6) is 0 Å². The van der Waals surface area contributed by atoms with E-state index in [2.05, 4.69) is 11.9 Å². The van der Waals surface area contributed by atoms with Crippen LogP contribution < -0.4 is 5.32 Å². The fourth-order valence-corrected chi connectivity index (χ4v) is 1.49. The van der Waals surface area contributed by atoms with E-state index >= 15 is 0 Å². The molecule has 1 aromatic rings. The summed E-state index contributed by atoms with van der Waals surface area (Å²) in [6, 6.07) is 8.37. The fraction of sp³-hybridized carbons (Fsp3) is 0.250. The van der Waals surface area contributed by atoms with E-state index in [1.807, 2.05) is 6.07 Å². The lowest BCUT2D eigenvalue weighted by Crippen LogP contribution is -2.38. The van der Waals surface area contributed by atoms with Gasteiger partial charge in [0.1, 0.15) is 0 Å². The molecule has 0 radical (unpaired) electrons. The Morgan fingerprint density at radius 1 is 1.44 bits per heavy atom. The number of amides is 1. The summed E-state index contributed by atoms with van der Waals surface area (Å²) in [7, 11) is 0. The molecule has 2 atom stereocenters. The lowest BCUT2D eigenvalue weighted by molar-refractivity contribution is 0.121. The zero-order valence-electron chi connectivity index (χ0n) is 8.84. The van der Waals surface area contributed by atoms with Gasteiger partial charge in [-0.3, -0.25) is 0 Å². The van der Waals surface area contributed by atoms with Gasteiger partial charge in [-0.2, -0.15) is 0 Å². The molecule has 0 aliphatic rings. The van der Waals surface area contributed by atoms with E-state index in [-0.39, 0.29) is 0 Å². The van der Waals surface area contributed by atoms with Gasteiger partial charge < -0.3 is 15.5 Å². The average Bonchev–Trinajstić information content (AvgIpc) is 2.28. The first-order chi connectivity index (χ1) is 7.65. The number of hydrogen-bond acceptors (Lipinski definition) is 2. The summed E-state index contributed by atoms with van der Waals surface area (Å²) < 4.78 is 0. The highest BCUT2D eigenvalue weighted by atomic mass is 16.4. The molecule has 4 heteroatoms. The van der Waals surface area contributed by atoms with Crippen LogP contribution >= 0.6 is 0 Å². The van der Waals surface area contributed by atoms with Crippen LogP contribution in [0.15, 0.2) is 43.0 Å². The van der Waals surface area contributed by atoms with Gasteiger partial charge in [0.25, 0.3) is 0 Å². The Bertz CT molecular complexity index is 351. The quantitative estimate of drug-likeness (QED) is 0.665. The topological polar surface area (TPSA) is 69.6 Å². The summed E-state index contributed by atoms with van der Waals surface area (Å²) in [5, 5.41) is 20.9. The van der Waals surface area contributed by atoms with Crippen LogP contribution in [0.1, 0.15) is 18.1 Å². The molecule has 0 aliphatic heterocycles. The predicted octanol–water partition coefficient (Wildman–Crippen LogP) is 1.93. The Balaban J connectivity index is 2.77. The third-order valence-electron chi connectivity index (χ3n) is 2.25. The highest BCUT2D eigenvalue weighted by molar-refractivity contribution is 5.65. The van der Waals surface area contributed by atoms with Crippen LogP contribution in [0.25, 0.3) is 0 Å². The Morgan fingerprint density at radius 3 is 2.56 bits per heavy atom. The zero-order chi connectivity index (χ0) is 12.0. The highest BCUT2D eigenvalue weighted by Crippen LogP contribution is 2.18. The third kappa shape index (κ3) is 3.40. The average molecular weight is 221 g/mol. The van der Waals surface area contributed by atoms with Crippen molar-refractivity contribution in [2.24, 2.45) is 0 Å². The summed E-state index contributed by atoms with van der Waals surface area (Å²) >= 11 is 0. The minimum absolute atomic E-state index is 0.377. The van der Waals surface area contributed by atoms with Crippen molar-refractivity contribution in [1.82, 2.24) is 5.32 Å². The summed E-state index contributed by atoms with van der Waals surface area (Å²) in [6.45, 7) is 3.54. The lowest BCUT2D eigenvalue weighted by Gasteiger charge is -2.21. The molecule has 0 saturated carbocycles. The molecule has 1 amide bonds. The van der Waals surface area contributed by atoms with Gasteiger partial charge in [0.15, 0.2) is 0 Å². The van der Waals surface area contributed by atoms with Gasteiger partial charge in [-0.1, -0.05) is 36.4 Å². The van der Waals surface area contributed by atoms with Crippen molar-refractivity contribution >= 4 is 6.09 Å². The van der Waals surface area contributed by atoms with Crippen LogP contribution in [-0.4, -0.2) is 22.3 Å². The number of carboxylic acid groups (broad SMARTS) is 1. The molecule has 1 aromatic carbocycles. The Kier molecular flexibility index (Phi) is 4.54. The number of hydrogen-bond donors (Lipinski definition) is 3. The first kappa shape index (κ1) is 12.3. The van der Waals surface area contributed by atoms with E-state index in [0.29, 0.717) is 12.0 Å². The van der Waals surface area contributed by atoms with Gasteiger partial charge in [0.05, 0.1) is 12.1 Å². The molecule has 3 N–H and O–H groups in total. The van der Waals surface area contributed by atoms with Crippen LogP contribution in [0.3, 0.4) is 0 Å². The first-order valence-corrected chi connectivity index (χ1v) is 4.98. The second-order valence-corrected chi connectivity index (χ2v) is 3.44. The van der Waals surface area contributed by atoms with Crippen molar-refractivity contribution in [1.29, 1.82) is 0 Å². The molecule has 0 heterocycles. The number of rotatable bonds is 5. The Hall–Kier alpha value is -1.81. The monoisotopic (exact) mass is 221 g/mol. The van der Waals surface area contributed by atoms with Crippen LogP contribution in [0.2, 0.25) is 0 Å². The van der Waals surface area contributed by atoms with Crippen LogP contribution in [0.4, 0.5) is 4.79 Å². The summed E-state index contributed by atoms with van der Waals surface area (Å²) in [5.74, 6) is 0. The van der Waals surface area contributed by atoms with Gasteiger partial charge in [0.2, 0.25) is 0 Å². The van der Waals surface area contributed by atoms with E-state index in [0.717, 1.165) is 0 Å². The second-order valence-electron chi connectivity index (χ2n) is 3.44. The molecule has 0 aromatic heterocycles. The number of aliphatic hydroxyl groups is 1. The minimum Gasteiger partial charge on any atom is -0.465 e. The maximum absolute atomic E-state index is 10.6. The maximum Gasteiger partial charge on any atom is 0.404 e. The van der Waals surface area contributed by atoms with Crippen molar-refractivity contribution in [2.75, 3.05) is 0 Å². The Labute approximate surface area is 94.2 Å². The van der Waals surface area contributed by atoms with Crippen LogP contribution in [-0.2, 0) is 0 Å². The van der Waals surface area contributed by atoms with Crippen molar-refractivity contribution in [3.63, 3.8) is 0 Å². The number of aliphatic hydroxyl groups excluding tert-OH is 1. The Morgan fingerprint density at radius 2 is 2.06 bits per heavy atom. The van der Waals surface area contributed by atoms with E-state index in [9.17, 15) is 9.90 Å². The number of benzene rings is 1. The van der Waals surface area contributed by atoms with E-state index in [4.69, 9.17) is 5.11 Å². The largest absolute Gasteiger partial charge is 0.465 e. The first-order valence-electron chi connectivity index (χ1n) is 4.98. The van der Waals surface area contributed by atoms with Gasteiger partial charge in [0, 0.05) is 0 Å². The fourth-order valence-electron chi connectivity index (χ4n) is 1.49. The molecule has 16 heavy (non-hydrogen) atoms. The highest BCUT2D eigenvalue weighted by Gasteiger charge is 2.20. The van der Waals surface area contributed by atoms with Gasteiger partial charge in [-0.15, -0.1) is 6.58 Å².